The second-order valence-electron chi connectivity index (χ2n) is 4.60. The number of carbonyl (C=O) groups excluding carboxylic acids is 3. The normalized spacial score (nSPS) is 22.3. The maximum atomic E-state index is 11.7. The molecule has 0 unspecified atom stereocenters. The molecule has 0 aromatic carbocycles. The van der Waals surface area contributed by atoms with Crippen molar-refractivity contribution < 1.29 is 23.9 Å². The topological polar surface area (TPSA) is 81.7 Å². The van der Waals surface area contributed by atoms with Gasteiger partial charge in [-0.25, -0.2) is 4.79 Å². The lowest BCUT2D eigenvalue weighted by molar-refractivity contribution is -0.148. The van der Waals surface area contributed by atoms with E-state index in [-0.39, 0.29) is 30.3 Å². The molecule has 3 atom stereocenters. The zero-order valence-corrected chi connectivity index (χ0v) is 11.6. The van der Waals surface area contributed by atoms with Crippen LogP contribution in [0, 0.1) is 11.8 Å². The van der Waals surface area contributed by atoms with Crippen LogP contribution in [-0.2, 0) is 23.9 Å². The van der Waals surface area contributed by atoms with Crippen LogP contribution < -0.4 is 5.32 Å². The fourth-order valence-corrected chi connectivity index (χ4v) is 2.05. The second-order valence-corrected chi connectivity index (χ2v) is 4.60. The van der Waals surface area contributed by atoms with Crippen molar-refractivity contribution >= 4 is 17.8 Å². The van der Waals surface area contributed by atoms with Crippen molar-refractivity contribution in [3.8, 4) is 0 Å². The van der Waals surface area contributed by atoms with E-state index in [2.05, 4.69) is 5.32 Å². The van der Waals surface area contributed by atoms with Gasteiger partial charge in [0.25, 0.3) is 0 Å². The van der Waals surface area contributed by atoms with Gasteiger partial charge in [-0.3, -0.25) is 9.59 Å². The van der Waals surface area contributed by atoms with Gasteiger partial charge in [0.15, 0.2) is 0 Å². The Balaban J connectivity index is 2.48. The molecule has 0 heterocycles. The molecule has 1 fully saturated rings. The second kappa shape index (κ2) is 7.11. The number of amides is 1. The lowest BCUT2D eigenvalue weighted by atomic mass is 10.1. The van der Waals surface area contributed by atoms with Crippen LogP contribution in [0.5, 0.6) is 0 Å². The molecule has 0 aromatic rings. The third-order valence-electron chi connectivity index (χ3n) is 3.00. The summed E-state index contributed by atoms with van der Waals surface area (Å²) in [6, 6.07) is -0.679. The Labute approximate surface area is 112 Å². The SMILES string of the molecule is CCOC(=O)[C@H](C[C@H]1C[C@@H]1C(=O)OCC)NC(C)=O. The minimum atomic E-state index is -0.679. The molecular formula is C13H21NO5. The monoisotopic (exact) mass is 271 g/mol. The summed E-state index contributed by atoms with van der Waals surface area (Å²) >= 11 is 0. The molecule has 0 bridgehead atoms. The standard InChI is InChI=1S/C13H21NO5/c1-4-18-12(16)10-6-9(10)7-11(14-8(3)15)13(17)19-5-2/h9-11H,4-7H2,1-3H3,(H,14,15)/t9-,10+,11+/m1/s1. The zero-order chi connectivity index (χ0) is 14.4. The summed E-state index contributed by atoms with van der Waals surface area (Å²) in [5, 5.41) is 2.56. The largest absolute Gasteiger partial charge is 0.466 e. The molecule has 1 rings (SSSR count). The molecule has 0 radical (unpaired) electrons. The highest BCUT2D eigenvalue weighted by Crippen LogP contribution is 2.43. The Morgan fingerprint density at radius 1 is 1.21 bits per heavy atom. The first-order valence-corrected chi connectivity index (χ1v) is 6.59. The molecule has 1 amide bonds. The van der Waals surface area contributed by atoms with E-state index >= 15 is 0 Å². The number of rotatable bonds is 7. The molecule has 1 aliphatic carbocycles. The van der Waals surface area contributed by atoms with Crippen LogP contribution >= 0.6 is 0 Å². The first kappa shape index (κ1) is 15.5. The quantitative estimate of drug-likeness (QED) is 0.687. The van der Waals surface area contributed by atoms with Gasteiger partial charge in [-0.15, -0.1) is 0 Å². The van der Waals surface area contributed by atoms with Gasteiger partial charge in [0, 0.05) is 6.92 Å². The molecule has 6 nitrogen and oxygen atoms in total. The summed E-state index contributed by atoms with van der Waals surface area (Å²) in [7, 11) is 0. The fraction of sp³-hybridized carbons (Fsp3) is 0.769. The Morgan fingerprint density at radius 3 is 2.37 bits per heavy atom. The molecule has 1 N–H and O–H groups in total. The Hall–Kier alpha value is -1.59. The minimum Gasteiger partial charge on any atom is -0.466 e. The third kappa shape index (κ3) is 4.89. The van der Waals surface area contributed by atoms with Crippen molar-refractivity contribution in [2.75, 3.05) is 13.2 Å². The van der Waals surface area contributed by atoms with Crippen LogP contribution in [0.15, 0.2) is 0 Å². The third-order valence-corrected chi connectivity index (χ3v) is 3.00. The van der Waals surface area contributed by atoms with Gasteiger partial charge < -0.3 is 14.8 Å². The predicted molar refractivity (Wildman–Crippen MR) is 67.1 cm³/mol. The molecule has 0 aliphatic heterocycles. The van der Waals surface area contributed by atoms with Gasteiger partial charge >= 0.3 is 11.9 Å². The first-order valence-electron chi connectivity index (χ1n) is 6.59. The number of hydrogen-bond donors (Lipinski definition) is 1. The lowest BCUT2D eigenvalue weighted by Crippen LogP contribution is -2.41. The minimum absolute atomic E-state index is 0.0836. The first-order chi connectivity index (χ1) is 8.99. The van der Waals surface area contributed by atoms with Gasteiger partial charge in [0.2, 0.25) is 5.91 Å². The zero-order valence-electron chi connectivity index (χ0n) is 11.6. The van der Waals surface area contributed by atoms with Gasteiger partial charge in [0.05, 0.1) is 19.1 Å². The average Bonchev–Trinajstić information content (AvgIpc) is 3.07. The van der Waals surface area contributed by atoms with Gasteiger partial charge in [-0.2, -0.15) is 0 Å². The molecule has 0 aromatic heterocycles. The highest BCUT2D eigenvalue weighted by Gasteiger charge is 2.46. The highest BCUT2D eigenvalue weighted by molar-refractivity contribution is 5.83. The van der Waals surface area contributed by atoms with E-state index in [9.17, 15) is 14.4 Å². The highest BCUT2D eigenvalue weighted by atomic mass is 16.5. The van der Waals surface area contributed by atoms with E-state index in [0.29, 0.717) is 19.4 Å². The smallest absolute Gasteiger partial charge is 0.328 e. The average molecular weight is 271 g/mol. The Bertz CT molecular complexity index is 355. The maximum absolute atomic E-state index is 11.7. The van der Waals surface area contributed by atoms with E-state index in [1.165, 1.54) is 6.92 Å². The van der Waals surface area contributed by atoms with Crippen LogP contribution in [0.4, 0.5) is 0 Å². The van der Waals surface area contributed by atoms with Crippen LogP contribution in [-0.4, -0.2) is 37.1 Å². The molecule has 0 spiro atoms. The summed E-state index contributed by atoms with van der Waals surface area (Å²) in [6.45, 7) is 5.44. The molecule has 1 saturated carbocycles. The fourth-order valence-electron chi connectivity index (χ4n) is 2.05. The van der Waals surface area contributed by atoms with Crippen molar-refractivity contribution in [2.24, 2.45) is 11.8 Å². The maximum Gasteiger partial charge on any atom is 0.328 e. The summed E-state index contributed by atoms with van der Waals surface area (Å²) in [5.74, 6) is -1.03. The number of nitrogens with one attached hydrogen (secondary N) is 1. The van der Waals surface area contributed by atoms with Crippen LogP contribution in [0.3, 0.4) is 0 Å². The van der Waals surface area contributed by atoms with E-state index in [1.807, 2.05) is 0 Å². The number of ether oxygens (including phenoxy) is 2. The molecule has 0 saturated heterocycles. The van der Waals surface area contributed by atoms with Crippen LogP contribution in [0.1, 0.15) is 33.6 Å². The van der Waals surface area contributed by atoms with Crippen molar-refractivity contribution in [2.45, 2.75) is 39.7 Å². The number of carbonyl (C=O) groups is 3. The van der Waals surface area contributed by atoms with Crippen molar-refractivity contribution in [3.63, 3.8) is 0 Å². The number of esters is 2. The van der Waals surface area contributed by atoms with E-state index < -0.39 is 12.0 Å². The summed E-state index contributed by atoms with van der Waals surface area (Å²) in [6.07, 6.45) is 1.12. The van der Waals surface area contributed by atoms with E-state index in [1.54, 1.807) is 13.8 Å². The Kier molecular flexibility index (Phi) is 5.79. The molecule has 1 aliphatic rings. The van der Waals surface area contributed by atoms with Crippen molar-refractivity contribution in [1.82, 2.24) is 5.32 Å². The summed E-state index contributed by atoms with van der Waals surface area (Å²) in [5.41, 5.74) is 0. The summed E-state index contributed by atoms with van der Waals surface area (Å²) in [4.78, 5) is 34.3. The molecular weight excluding hydrogens is 250 g/mol. The van der Waals surface area contributed by atoms with Gasteiger partial charge in [-0.05, 0) is 32.6 Å². The van der Waals surface area contributed by atoms with Gasteiger partial charge in [0.1, 0.15) is 6.04 Å². The predicted octanol–water partition coefficient (Wildman–Crippen LogP) is 0.643. The lowest BCUT2D eigenvalue weighted by Gasteiger charge is -2.16. The number of hydrogen-bond acceptors (Lipinski definition) is 5. The van der Waals surface area contributed by atoms with Crippen molar-refractivity contribution in [1.29, 1.82) is 0 Å². The van der Waals surface area contributed by atoms with Crippen LogP contribution in [0.25, 0.3) is 0 Å². The van der Waals surface area contributed by atoms with Crippen LogP contribution in [0.2, 0.25) is 0 Å². The van der Waals surface area contributed by atoms with Crippen molar-refractivity contribution in [3.05, 3.63) is 0 Å². The molecule has 108 valence electrons. The van der Waals surface area contributed by atoms with E-state index in [0.717, 1.165) is 0 Å². The Morgan fingerprint density at radius 2 is 1.84 bits per heavy atom. The van der Waals surface area contributed by atoms with E-state index in [4.69, 9.17) is 9.47 Å². The summed E-state index contributed by atoms with van der Waals surface area (Å²) < 4.78 is 9.83. The molecule has 6 heteroatoms. The van der Waals surface area contributed by atoms with Gasteiger partial charge in [-0.1, -0.05) is 0 Å². The molecule has 19 heavy (non-hydrogen) atoms.